The fourth-order valence-corrected chi connectivity index (χ4v) is 2.80. The Morgan fingerprint density at radius 3 is 2.81 bits per heavy atom. The molecule has 0 radical (unpaired) electrons. The van der Waals surface area contributed by atoms with Crippen molar-refractivity contribution in [2.75, 3.05) is 18.4 Å². The third-order valence-corrected chi connectivity index (χ3v) is 3.91. The molecule has 21 heavy (non-hydrogen) atoms. The summed E-state index contributed by atoms with van der Waals surface area (Å²) in [5, 5.41) is 14.9. The minimum Gasteiger partial charge on any atom is -0.478 e. The van der Waals surface area contributed by atoms with Crippen LogP contribution in [0.25, 0.3) is 0 Å². The van der Waals surface area contributed by atoms with Crippen LogP contribution in [-0.2, 0) is 4.79 Å². The second kappa shape index (κ2) is 6.22. The molecule has 1 amide bonds. The van der Waals surface area contributed by atoms with Gasteiger partial charge in [0.05, 0.1) is 16.7 Å². The summed E-state index contributed by atoms with van der Waals surface area (Å²) in [7, 11) is 0. The standard InChI is InChI=1S/C15H19FN2O3/c1-2-5-15(6-7-17-9-15)14(21)18-12-8-10(16)3-4-11(12)13(19)20/h3-4,8,17H,2,5-7,9H2,1H3,(H,18,21)(H,19,20). The van der Waals surface area contributed by atoms with Gasteiger partial charge in [-0.05, 0) is 37.6 Å². The van der Waals surface area contributed by atoms with Crippen molar-refractivity contribution in [3.63, 3.8) is 0 Å². The monoisotopic (exact) mass is 294 g/mol. The topological polar surface area (TPSA) is 78.4 Å². The molecule has 0 aliphatic carbocycles. The maximum absolute atomic E-state index is 13.3. The molecular formula is C15H19FN2O3. The predicted octanol–water partition coefficient (Wildman–Crippen LogP) is 2.24. The van der Waals surface area contributed by atoms with Crippen molar-refractivity contribution in [3.05, 3.63) is 29.6 Å². The maximum Gasteiger partial charge on any atom is 0.337 e. The van der Waals surface area contributed by atoms with Gasteiger partial charge in [-0.25, -0.2) is 9.18 Å². The molecule has 114 valence electrons. The first-order chi connectivity index (χ1) is 9.98. The average Bonchev–Trinajstić information content (AvgIpc) is 2.88. The number of aromatic carboxylic acids is 1. The lowest BCUT2D eigenvalue weighted by atomic mass is 9.81. The second-order valence-corrected chi connectivity index (χ2v) is 5.41. The van der Waals surface area contributed by atoms with Crippen LogP contribution in [0.15, 0.2) is 18.2 Å². The molecule has 1 aliphatic rings. The number of carboxylic acids is 1. The third kappa shape index (κ3) is 3.21. The zero-order valence-corrected chi connectivity index (χ0v) is 11.9. The van der Waals surface area contributed by atoms with E-state index in [2.05, 4.69) is 10.6 Å². The molecule has 1 saturated heterocycles. The zero-order valence-electron chi connectivity index (χ0n) is 11.9. The van der Waals surface area contributed by atoms with Gasteiger partial charge in [-0.15, -0.1) is 0 Å². The van der Waals surface area contributed by atoms with Gasteiger partial charge < -0.3 is 15.7 Å². The molecule has 0 spiro atoms. The van der Waals surface area contributed by atoms with E-state index in [-0.39, 0.29) is 17.2 Å². The van der Waals surface area contributed by atoms with Gasteiger partial charge >= 0.3 is 5.97 Å². The number of carbonyl (C=O) groups excluding carboxylic acids is 1. The first-order valence-corrected chi connectivity index (χ1v) is 7.03. The van der Waals surface area contributed by atoms with Crippen LogP contribution < -0.4 is 10.6 Å². The lowest BCUT2D eigenvalue weighted by Gasteiger charge is -2.26. The highest BCUT2D eigenvalue weighted by atomic mass is 19.1. The zero-order chi connectivity index (χ0) is 15.5. The fraction of sp³-hybridized carbons (Fsp3) is 0.467. The summed E-state index contributed by atoms with van der Waals surface area (Å²) in [4.78, 5) is 23.7. The largest absolute Gasteiger partial charge is 0.478 e. The van der Waals surface area contributed by atoms with Crippen LogP contribution in [0.5, 0.6) is 0 Å². The molecule has 1 atom stereocenters. The van der Waals surface area contributed by atoms with Gasteiger partial charge in [0.25, 0.3) is 0 Å². The van der Waals surface area contributed by atoms with E-state index < -0.39 is 17.2 Å². The molecule has 1 unspecified atom stereocenters. The van der Waals surface area contributed by atoms with Gasteiger partial charge in [0.2, 0.25) is 5.91 Å². The Hall–Kier alpha value is -1.95. The quantitative estimate of drug-likeness (QED) is 0.778. The van der Waals surface area contributed by atoms with Crippen LogP contribution in [0, 0.1) is 11.2 Å². The molecule has 6 heteroatoms. The van der Waals surface area contributed by atoms with E-state index in [9.17, 15) is 14.0 Å². The van der Waals surface area contributed by atoms with Crippen LogP contribution in [0.3, 0.4) is 0 Å². The Kier molecular flexibility index (Phi) is 4.57. The fourth-order valence-electron chi connectivity index (χ4n) is 2.80. The SMILES string of the molecule is CCCC1(C(=O)Nc2cc(F)ccc2C(=O)O)CCNC1. The van der Waals surface area contributed by atoms with Gasteiger partial charge in [0.15, 0.2) is 0 Å². The van der Waals surface area contributed by atoms with Crippen LogP contribution in [0.2, 0.25) is 0 Å². The molecule has 3 N–H and O–H groups in total. The van der Waals surface area contributed by atoms with E-state index in [4.69, 9.17) is 5.11 Å². The van der Waals surface area contributed by atoms with Gasteiger partial charge in [-0.1, -0.05) is 13.3 Å². The van der Waals surface area contributed by atoms with E-state index >= 15 is 0 Å². The highest BCUT2D eigenvalue weighted by molar-refractivity contribution is 6.02. The first kappa shape index (κ1) is 15.4. The lowest BCUT2D eigenvalue weighted by Crippen LogP contribution is -2.38. The number of rotatable bonds is 5. The molecule has 0 saturated carbocycles. The van der Waals surface area contributed by atoms with Crippen molar-refractivity contribution in [2.24, 2.45) is 5.41 Å². The summed E-state index contributed by atoms with van der Waals surface area (Å²) in [6, 6.07) is 3.27. The minimum atomic E-state index is -1.20. The lowest BCUT2D eigenvalue weighted by molar-refractivity contribution is -0.125. The van der Waals surface area contributed by atoms with Crippen LogP contribution in [0.4, 0.5) is 10.1 Å². The normalized spacial score (nSPS) is 21.2. The van der Waals surface area contributed by atoms with E-state index in [1.54, 1.807) is 0 Å². The third-order valence-electron chi connectivity index (χ3n) is 3.91. The van der Waals surface area contributed by atoms with Crippen LogP contribution in [-0.4, -0.2) is 30.1 Å². The predicted molar refractivity (Wildman–Crippen MR) is 76.8 cm³/mol. The molecule has 2 rings (SSSR count). The van der Waals surface area contributed by atoms with E-state index in [1.165, 1.54) is 0 Å². The van der Waals surface area contributed by atoms with E-state index in [0.29, 0.717) is 19.4 Å². The van der Waals surface area contributed by atoms with Crippen molar-refractivity contribution in [1.29, 1.82) is 0 Å². The molecule has 1 aromatic carbocycles. The number of carbonyl (C=O) groups is 2. The van der Waals surface area contributed by atoms with Gasteiger partial charge in [0.1, 0.15) is 5.82 Å². The Labute approximate surface area is 122 Å². The number of benzene rings is 1. The number of carboxylic acid groups (broad SMARTS) is 1. The summed E-state index contributed by atoms with van der Waals surface area (Å²) in [6.07, 6.45) is 2.26. The molecule has 0 bridgehead atoms. The highest BCUT2D eigenvalue weighted by Crippen LogP contribution is 2.33. The molecule has 0 aromatic heterocycles. The van der Waals surface area contributed by atoms with Crippen LogP contribution in [0.1, 0.15) is 36.5 Å². The molecule has 1 aromatic rings. The molecular weight excluding hydrogens is 275 g/mol. The smallest absolute Gasteiger partial charge is 0.337 e. The van der Waals surface area contributed by atoms with Crippen molar-refractivity contribution in [1.82, 2.24) is 5.32 Å². The summed E-state index contributed by atoms with van der Waals surface area (Å²) in [5.74, 6) is -2.02. The molecule has 1 fully saturated rings. The van der Waals surface area contributed by atoms with Crippen molar-refractivity contribution in [2.45, 2.75) is 26.2 Å². The Morgan fingerprint density at radius 2 is 2.24 bits per heavy atom. The molecule has 1 aliphatic heterocycles. The van der Waals surface area contributed by atoms with Crippen molar-refractivity contribution < 1.29 is 19.1 Å². The highest BCUT2D eigenvalue weighted by Gasteiger charge is 2.40. The summed E-state index contributed by atoms with van der Waals surface area (Å²) >= 11 is 0. The van der Waals surface area contributed by atoms with E-state index in [1.807, 2.05) is 6.92 Å². The number of anilines is 1. The Bertz CT molecular complexity index is 554. The van der Waals surface area contributed by atoms with Crippen molar-refractivity contribution in [3.8, 4) is 0 Å². The number of nitrogens with one attached hydrogen (secondary N) is 2. The van der Waals surface area contributed by atoms with Gasteiger partial charge in [-0.3, -0.25) is 4.79 Å². The minimum absolute atomic E-state index is 0.00915. The number of amides is 1. The molecule has 1 heterocycles. The maximum atomic E-state index is 13.3. The average molecular weight is 294 g/mol. The summed E-state index contributed by atoms with van der Waals surface area (Å²) < 4.78 is 13.3. The first-order valence-electron chi connectivity index (χ1n) is 7.03. The van der Waals surface area contributed by atoms with Gasteiger partial charge in [-0.2, -0.15) is 0 Å². The summed E-state index contributed by atoms with van der Waals surface area (Å²) in [6.45, 7) is 3.31. The Balaban J connectivity index is 2.26. The summed E-state index contributed by atoms with van der Waals surface area (Å²) in [5.41, 5.74) is -0.645. The number of hydrogen-bond acceptors (Lipinski definition) is 3. The van der Waals surface area contributed by atoms with Crippen molar-refractivity contribution >= 4 is 17.6 Å². The second-order valence-electron chi connectivity index (χ2n) is 5.41. The van der Waals surface area contributed by atoms with Crippen LogP contribution >= 0.6 is 0 Å². The number of halogens is 1. The van der Waals surface area contributed by atoms with Gasteiger partial charge in [0, 0.05) is 6.54 Å². The molecule has 5 nitrogen and oxygen atoms in total. The Morgan fingerprint density at radius 1 is 1.48 bits per heavy atom. The number of hydrogen-bond donors (Lipinski definition) is 3. The van der Waals surface area contributed by atoms with E-state index in [0.717, 1.165) is 31.2 Å².